The van der Waals surface area contributed by atoms with E-state index in [9.17, 15) is 4.79 Å². The van der Waals surface area contributed by atoms with Gasteiger partial charge in [0.15, 0.2) is 12.4 Å². The highest BCUT2D eigenvalue weighted by Crippen LogP contribution is 1.95. The zero-order valence-corrected chi connectivity index (χ0v) is 10.9. The Labute approximate surface area is 111 Å². The summed E-state index contributed by atoms with van der Waals surface area (Å²) in [6.45, 7) is 3.02. The molecule has 2 N–H and O–H groups in total. The molecule has 7 heteroatoms. The van der Waals surface area contributed by atoms with Gasteiger partial charge in [0.25, 0.3) is 12.6 Å². The molecule has 19 heavy (non-hydrogen) atoms. The molecule has 0 fully saturated rings. The summed E-state index contributed by atoms with van der Waals surface area (Å²) >= 11 is 0. The van der Waals surface area contributed by atoms with Gasteiger partial charge in [-0.15, -0.1) is 5.10 Å². The lowest BCUT2D eigenvalue weighted by Gasteiger charge is -2.03. The third kappa shape index (κ3) is 5.71. The van der Waals surface area contributed by atoms with Gasteiger partial charge in [0.2, 0.25) is 6.40 Å². The minimum atomic E-state index is -0.0731. The molecule has 0 aromatic carbocycles. The maximum absolute atomic E-state index is 11.7. The van der Waals surface area contributed by atoms with Crippen molar-refractivity contribution in [3.63, 3.8) is 0 Å². The lowest BCUT2D eigenvalue weighted by molar-refractivity contribution is -0.726. The third-order valence-electron chi connectivity index (χ3n) is 2.37. The monoisotopic (exact) mass is 264 g/mol. The minimum Gasteiger partial charge on any atom is -0.423 e. The van der Waals surface area contributed by atoms with E-state index in [2.05, 4.69) is 22.6 Å². The number of amides is 1. The normalized spacial score (nSPS) is 10.4. The predicted molar refractivity (Wildman–Crippen MR) is 68.6 cm³/mol. The summed E-state index contributed by atoms with van der Waals surface area (Å²) in [5, 5.41) is 8.86. The molecular weight excluding hydrogens is 246 g/mol. The van der Waals surface area contributed by atoms with E-state index in [0.29, 0.717) is 12.1 Å². The second-order valence-electron chi connectivity index (χ2n) is 3.83. The fourth-order valence-corrected chi connectivity index (χ4v) is 1.35. The van der Waals surface area contributed by atoms with Crippen LogP contribution in [0.3, 0.4) is 0 Å². The Morgan fingerprint density at radius 3 is 2.89 bits per heavy atom. The van der Waals surface area contributed by atoms with E-state index in [-0.39, 0.29) is 12.6 Å². The molecule has 0 bridgehead atoms. The Hall–Kier alpha value is -2.31. The van der Waals surface area contributed by atoms with Crippen LogP contribution < -0.4 is 9.88 Å². The summed E-state index contributed by atoms with van der Waals surface area (Å²) in [5.74, 6) is -0.0731. The second kappa shape index (κ2) is 8.73. The van der Waals surface area contributed by atoms with Crippen LogP contribution in [0.5, 0.6) is 0 Å². The first kappa shape index (κ1) is 14.7. The zero-order valence-electron chi connectivity index (χ0n) is 10.9. The fraction of sp³-hybridized carbons (Fsp3) is 0.417. The van der Waals surface area contributed by atoms with E-state index >= 15 is 0 Å². The highest BCUT2D eigenvalue weighted by Gasteiger charge is 2.07. The van der Waals surface area contributed by atoms with Gasteiger partial charge in [0.1, 0.15) is 0 Å². The summed E-state index contributed by atoms with van der Waals surface area (Å²) < 4.78 is 6.73. The smallest absolute Gasteiger partial charge is 0.293 e. The summed E-state index contributed by atoms with van der Waals surface area (Å²) in [6, 6.07) is 3.44. The van der Waals surface area contributed by atoms with Crippen LogP contribution in [0.15, 0.2) is 34.9 Å². The number of carbonyl (C=O) groups excluding carboxylic acids is 1. The third-order valence-corrected chi connectivity index (χ3v) is 2.37. The van der Waals surface area contributed by atoms with Gasteiger partial charge in [-0.05, 0) is 11.6 Å². The van der Waals surface area contributed by atoms with Crippen LogP contribution in [0.1, 0.15) is 30.1 Å². The number of unbranched alkanes of at least 4 members (excludes halogenated alkanes) is 1. The molecule has 0 radical (unpaired) electrons. The summed E-state index contributed by atoms with van der Waals surface area (Å²) in [7, 11) is 0. The number of nitrogens with zero attached hydrogens (tertiary/aromatic N) is 3. The Morgan fingerprint density at radius 1 is 1.53 bits per heavy atom. The molecule has 1 amide bonds. The molecule has 0 unspecified atom stereocenters. The molecular formula is C12H18N5O2+. The Kier molecular flexibility index (Phi) is 6.78. The molecule has 1 aromatic heterocycles. The SMILES string of the molecule is CCCCNC(=O)c1cc[n+](COC=NN=N)cc1. The first-order chi connectivity index (χ1) is 9.27. The van der Waals surface area contributed by atoms with E-state index in [4.69, 9.17) is 10.3 Å². The van der Waals surface area contributed by atoms with E-state index in [1.165, 1.54) is 0 Å². The number of nitrogens with one attached hydrogen (secondary N) is 2. The van der Waals surface area contributed by atoms with Crippen LogP contribution in [0.25, 0.3) is 0 Å². The fourth-order valence-electron chi connectivity index (χ4n) is 1.35. The average molecular weight is 264 g/mol. The van der Waals surface area contributed by atoms with Crippen molar-refractivity contribution in [1.82, 2.24) is 5.32 Å². The van der Waals surface area contributed by atoms with Crippen LogP contribution in [0, 0.1) is 5.53 Å². The number of ether oxygens (including phenoxy) is 1. The van der Waals surface area contributed by atoms with Crippen molar-refractivity contribution in [1.29, 1.82) is 5.53 Å². The van der Waals surface area contributed by atoms with Gasteiger partial charge in [-0.3, -0.25) is 4.79 Å². The Morgan fingerprint density at radius 2 is 2.26 bits per heavy atom. The van der Waals surface area contributed by atoms with Gasteiger partial charge >= 0.3 is 0 Å². The number of rotatable bonds is 8. The Bertz CT molecular complexity index is 430. The number of carbonyl (C=O) groups is 1. The standard InChI is InChI=1S/C12H17N5O2/c1-2-3-6-14-12(18)11-4-7-17(8-5-11)10-19-9-15-16-13/h4-5,7-9,13H,2-3,6,10H2,1H3/p+1. The first-order valence-electron chi connectivity index (χ1n) is 6.05. The molecule has 1 rings (SSSR count). The second-order valence-corrected chi connectivity index (χ2v) is 3.83. The molecule has 0 saturated carbocycles. The van der Waals surface area contributed by atoms with Gasteiger partial charge in [-0.2, -0.15) is 10.1 Å². The van der Waals surface area contributed by atoms with Crippen molar-refractivity contribution in [2.75, 3.05) is 6.54 Å². The van der Waals surface area contributed by atoms with Gasteiger partial charge in [0.05, 0.1) is 5.56 Å². The maximum atomic E-state index is 11.7. The lowest BCUT2D eigenvalue weighted by Crippen LogP contribution is -2.35. The van der Waals surface area contributed by atoms with Crippen molar-refractivity contribution >= 4 is 12.3 Å². The molecule has 1 aromatic rings. The summed E-state index contributed by atoms with van der Waals surface area (Å²) in [6.07, 6.45) is 6.59. The van der Waals surface area contributed by atoms with Crippen molar-refractivity contribution < 1.29 is 14.1 Å². The summed E-state index contributed by atoms with van der Waals surface area (Å²) in [5.41, 5.74) is 7.04. The van der Waals surface area contributed by atoms with E-state index in [1.807, 2.05) is 0 Å². The molecule has 0 spiro atoms. The maximum Gasteiger partial charge on any atom is 0.293 e. The number of pyridine rings is 1. The number of hydrogen-bond acceptors (Lipinski definition) is 4. The van der Waals surface area contributed by atoms with Gasteiger partial charge in [-0.1, -0.05) is 13.3 Å². The minimum absolute atomic E-state index is 0.0731. The number of aromatic nitrogens is 1. The highest BCUT2D eigenvalue weighted by atomic mass is 16.5. The van der Waals surface area contributed by atoms with Crippen molar-refractivity contribution in [2.45, 2.75) is 26.5 Å². The van der Waals surface area contributed by atoms with E-state index in [1.54, 1.807) is 29.1 Å². The van der Waals surface area contributed by atoms with Crippen LogP contribution in [0.4, 0.5) is 0 Å². The number of hydrogen-bond donors (Lipinski definition) is 2. The van der Waals surface area contributed by atoms with Gasteiger partial charge < -0.3 is 10.1 Å². The molecule has 0 saturated heterocycles. The van der Waals surface area contributed by atoms with Crippen LogP contribution in [-0.4, -0.2) is 18.9 Å². The Balaban J connectivity index is 2.44. The molecule has 0 aliphatic carbocycles. The van der Waals surface area contributed by atoms with Crippen molar-refractivity contribution in [2.24, 2.45) is 10.3 Å². The average Bonchev–Trinajstić information content (AvgIpc) is 2.44. The van der Waals surface area contributed by atoms with E-state index in [0.717, 1.165) is 19.2 Å². The zero-order chi connectivity index (χ0) is 13.9. The van der Waals surface area contributed by atoms with Crippen LogP contribution >= 0.6 is 0 Å². The predicted octanol–water partition coefficient (Wildman–Crippen LogP) is 1.45. The largest absolute Gasteiger partial charge is 0.423 e. The molecule has 0 aliphatic heterocycles. The van der Waals surface area contributed by atoms with Crippen LogP contribution in [0.2, 0.25) is 0 Å². The first-order valence-corrected chi connectivity index (χ1v) is 6.05. The van der Waals surface area contributed by atoms with Crippen molar-refractivity contribution in [3.05, 3.63) is 30.1 Å². The molecule has 7 nitrogen and oxygen atoms in total. The molecule has 102 valence electrons. The molecule has 0 aliphatic rings. The lowest BCUT2D eigenvalue weighted by atomic mass is 10.2. The quantitative estimate of drug-likeness (QED) is 0.186. The van der Waals surface area contributed by atoms with Gasteiger partial charge in [-0.25, -0.2) is 0 Å². The van der Waals surface area contributed by atoms with Crippen molar-refractivity contribution in [3.8, 4) is 0 Å². The topological polar surface area (TPSA) is 90.8 Å². The van der Waals surface area contributed by atoms with E-state index < -0.39 is 0 Å². The summed E-state index contributed by atoms with van der Waals surface area (Å²) in [4.78, 5) is 11.7. The molecule has 0 atom stereocenters. The van der Waals surface area contributed by atoms with Crippen LogP contribution in [-0.2, 0) is 11.5 Å². The van der Waals surface area contributed by atoms with Gasteiger partial charge in [0, 0.05) is 18.7 Å². The molecule has 1 heterocycles. The highest BCUT2D eigenvalue weighted by molar-refractivity contribution is 5.93.